The molecule has 12 heteroatoms. The number of esters is 1. The summed E-state index contributed by atoms with van der Waals surface area (Å²) in [5.41, 5.74) is 5.51. The van der Waals surface area contributed by atoms with Crippen molar-refractivity contribution in [3.05, 3.63) is 43.6 Å². The fraction of sp³-hybridized carbons (Fsp3) is 0.435. The summed E-state index contributed by atoms with van der Waals surface area (Å²) < 4.78 is 10.5. The minimum absolute atomic E-state index is 0.0174. The lowest BCUT2D eigenvalue weighted by atomic mass is 9.95. The molecule has 3 rings (SSSR count). The molecule has 2 amide bonds. The summed E-state index contributed by atoms with van der Waals surface area (Å²) in [5.74, 6) is -1.73. The van der Waals surface area contributed by atoms with Crippen LogP contribution in [0.4, 0.5) is 10.9 Å². The van der Waals surface area contributed by atoms with E-state index in [9.17, 15) is 24.0 Å². The number of ketones is 1. The maximum Gasteiger partial charge on any atom is 0.341 e. The fourth-order valence-corrected chi connectivity index (χ4v) is 5.58. The van der Waals surface area contributed by atoms with Crippen LogP contribution < -0.4 is 21.6 Å². The smallest absolute Gasteiger partial charge is 0.341 e. The predicted molar refractivity (Wildman–Crippen MR) is 134 cm³/mol. The Bertz CT molecular complexity index is 1200. The van der Waals surface area contributed by atoms with Gasteiger partial charge in [0.15, 0.2) is 11.2 Å². The van der Waals surface area contributed by atoms with Crippen LogP contribution in [0.15, 0.2) is 15.3 Å². The number of thiophene rings is 1. The second-order valence-corrected chi connectivity index (χ2v) is 9.92. The number of aryl methyl sites for hydroxylation is 2. The van der Waals surface area contributed by atoms with Crippen molar-refractivity contribution in [2.24, 2.45) is 0 Å². The van der Waals surface area contributed by atoms with Crippen molar-refractivity contribution in [3.8, 4) is 0 Å². The van der Waals surface area contributed by atoms with Gasteiger partial charge in [0.2, 0.25) is 17.7 Å². The third-order valence-electron chi connectivity index (χ3n) is 5.11. The van der Waals surface area contributed by atoms with Gasteiger partial charge in [-0.3, -0.25) is 30.0 Å². The first-order valence-corrected chi connectivity index (χ1v) is 13.1. The van der Waals surface area contributed by atoms with Crippen LogP contribution in [0.5, 0.6) is 0 Å². The number of anilines is 2. The van der Waals surface area contributed by atoms with Crippen molar-refractivity contribution in [3.63, 3.8) is 0 Å². The molecule has 0 atom stereocenters. The minimum Gasteiger partial charge on any atom is -0.462 e. The molecule has 35 heavy (non-hydrogen) atoms. The first kappa shape index (κ1) is 26.5. The molecule has 0 bridgehead atoms. The van der Waals surface area contributed by atoms with Crippen molar-refractivity contribution in [1.29, 1.82) is 0 Å². The fourth-order valence-electron chi connectivity index (χ4n) is 3.67. The van der Waals surface area contributed by atoms with Crippen molar-refractivity contribution in [2.45, 2.75) is 46.5 Å². The van der Waals surface area contributed by atoms with Crippen LogP contribution in [0.3, 0.4) is 0 Å². The molecule has 3 N–H and O–H groups in total. The molecule has 10 nitrogen and oxygen atoms in total. The van der Waals surface area contributed by atoms with Gasteiger partial charge in [-0.15, -0.1) is 23.1 Å². The molecule has 1 aliphatic rings. The van der Waals surface area contributed by atoms with Gasteiger partial charge in [-0.1, -0.05) is 0 Å². The Morgan fingerprint density at radius 2 is 1.83 bits per heavy atom. The van der Waals surface area contributed by atoms with Crippen LogP contribution in [0, 0.1) is 6.92 Å². The number of carbonyl (C=O) groups is 4. The third kappa shape index (κ3) is 6.73. The van der Waals surface area contributed by atoms with E-state index in [2.05, 4.69) is 16.2 Å². The molecule has 2 heterocycles. The summed E-state index contributed by atoms with van der Waals surface area (Å²) >= 11 is 2.47. The Labute approximate surface area is 210 Å². The molecule has 0 radical (unpaired) electrons. The number of Topliss-reactive ketones (excluding diaryl/α,β-unsaturated/α-hetero) is 1. The lowest BCUT2D eigenvalue weighted by Gasteiger charge is -2.12. The van der Waals surface area contributed by atoms with Gasteiger partial charge < -0.3 is 14.5 Å². The van der Waals surface area contributed by atoms with E-state index >= 15 is 0 Å². The van der Waals surface area contributed by atoms with E-state index in [1.165, 1.54) is 24.3 Å². The maximum absolute atomic E-state index is 12.5. The molecule has 188 valence electrons. The molecule has 0 unspecified atom stereocenters. The summed E-state index contributed by atoms with van der Waals surface area (Å²) in [6.45, 7) is 4.75. The first-order chi connectivity index (χ1) is 16.7. The monoisotopic (exact) mass is 521 g/mol. The van der Waals surface area contributed by atoms with Gasteiger partial charge in [-0.25, -0.2) is 4.79 Å². The molecule has 0 saturated heterocycles. The number of rotatable bonds is 10. The number of hydrogen-bond donors (Lipinski definition) is 3. The largest absolute Gasteiger partial charge is 0.462 e. The quantitative estimate of drug-likeness (QED) is 0.244. The van der Waals surface area contributed by atoms with Crippen LogP contribution in [-0.2, 0) is 27.2 Å². The SMILES string of the molecule is CCOC(=O)c1c(NC(=O)CSCC(=O)NNc2oc(C)cc(=O)c2C(C)=O)sc2c1CCCC2. The number of nitrogens with one attached hydrogen (secondary N) is 3. The molecule has 0 aromatic carbocycles. The Kier molecular flexibility index (Phi) is 9.10. The average Bonchev–Trinajstić information content (AvgIpc) is 3.14. The summed E-state index contributed by atoms with van der Waals surface area (Å²) in [7, 11) is 0. The standard InChI is InChI=1S/C23H27N3O7S2/c1-4-32-23(31)20-14-7-5-6-8-16(14)35-22(20)24-17(29)10-34-11-18(30)25-26-21-19(13(3)27)15(28)9-12(2)33-21/h9,26H,4-8,10-11H2,1-3H3,(H,24,29)(H,25,30). The minimum atomic E-state index is -0.513. The average molecular weight is 522 g/mol. The number of carbonyl (C=O) groups excluding carboxylic acids is 4. The number of hydrazine groups is 1. The van der Waals surface area contributed by atoms with E-state index < -0.39 is 23.1 Å². The lowest BCUT2D eigenvalue weighted by Crippen LogP contribution is -2.33. The zero-order valence-corrected chi connectivity index (χ0v) is 21.3. The zero-order chi connectivity index (χ0) is 25.5. The normalized spacial score (nSPS) is 12.4. The van der Waals surface area contributed by atoms with Crippen molar-refractivity contribution >= 4 is 57.6 Å². The highest BCUT2D eigenvalue weighted by molar-refractivity contribution is 8.00. The van der Waals surface area contributed by atoms with Gasteiger partial charge in [0.1, 0.15) is 16.3 Å². The molecule has 2 aromatic rings. The van der Waals surface area contributed by atoms with E-state index in [1.54, 1.807) is 13.8 Å². The van der Waals surface area contributed by atoms with Crippen molar-refractivity contribution in [1.82, 2.24) is 5.43 Å². The highest BCUT2D eigenvalue weighted by atomic mass is 32.2. The second-order valence-electron chi connectivity index (χ2n) is 7.83. The van der Waals surface area contributed by atoms with E-state index in [0.29, 0.717) is 10.6 Å². The molecule has 2 aromatic heterocycles. The van der Waals surface area contributed by atoms with Crippen LogP contribution in [0.2, 0.25) is 0 Å². The Morgan fingerprint density at radius 3 is 2.54 bits per heavy atom. The Hall–Kier alpha value is -3.12. The first-order valence-electron chi connectivity index (χ1n) is 11.1. The lowest BCUT2D eigenvalue weighted by molar-refractivity contribution is -0.118. The molecule has 0 fully saturated rings. The molecule has 0 saturated carbocycles. The van der Waals surface area contributed by atoms with Gasteiger partial charge in [0.05, 0.1) is 23.7 Å². The van der Waals surface area contributed by atoms with Gasteiger partial charge in [-0.05, 0) is 52.0 Å². The highest BCUT2D eigenvalue weighted by Crippen LogP contribution is 2.38. The molecule has 1 aliphatic carbocycles. The van der Waals surface area contributed by atoms with Crippen molar-refractivity contribution < 1.29 is 28.3 Å². The Morgan fingerprint density at radius 1 is 1.11 bits per heavy atom. The molecular weight excluding hydrogens is 494 g/mol. The zero-order valence-electron chi connectivity index (χ0n) is 19.7. The van der Waals surface area contributed by atoms with Gasteiger partial charge in [0, 0.05) is 10.9 Å². The van der Waals surface area contributed by atoms with Gasteiger partial charge >= 0.3 is 5.97 Å². The number of thioether (sulfide) groups is 1. The number of hydrogen-bond acceptors (Lipinski definition) is 10. The van der Waals surface area contributed by atoms with E-state index in [4.69, 9.17) is 9.15 Å². The Balaban J connectivity index is 1.54. The van der Waals surface area contributed by atoms with Crippen LogP contribution >= 0.6 is 23.1 Å². The number of amides is 2. The summed E-state index contributed by atoms with van der Waals surface area (Å²) in [6.07, 6.45) is 3.69. The molecule has 0 spiro atoms. The molecule has 0 aliphatic heterocycles. The predicted octanol–water partition coefficient (Wildman–Crippen LogP) is 3.08. The van der Waals surface area contributed by atoms with Gasteiger partial charge in [-0.2, -0.15) is 0 Å². The van der Waals surface area contributed by atoms with E-state index in [0.717, 1.165) is 47.9 Å². The van der Waals surface area contributed by atoms with Gasteiger partial charge in [0.25, 0.3) is 0 Å². The topological polar surface area (TPSA) is 144 Å². The molecular formula is C23H27N3O7S2. The summed E-state index contributed by atoms with van der Waals surface area (Å²) in [6, 6.07) is 1.19. The van der Waals surface area contributed by atoms with Crippen LogP contribution in [-0.4, -0.2) is 41.7 Å². The summed E-state index contributed by atoms with van der Waals surface area (Å²) in [4.78, 5) is 62.0. The third-order valence-corrected chi connectivity index (χ3v) is 7.25. The van der Waals surface area contributed by atoms with Crippen LogP contribution in [0.1, 0.15) is 63.6 Å². The maximum atomic E-state index is 12.5. The second kappa shape index (κ2) is 12.0. The highest BCUT2D eigenvalue weighted by Gasteiger charge is 2.27. The van der Waals surface area contributed by atoms with E-state index in [-0.39, 0.29) is 41.2 Å². The van der Waals surface area contributed by atoms with Crippen molar-refractivity contribution in [2.75, 3.05) is 28.9 Å². The summed E-state index contributed by atoms with van der Waals surface area (Å²) in [5, 5.41) is 3.28. The number of fused-ring (bicyclic) bond motifs is 1. The number of ether oxygens (including phenoxy) is 1. The van der Waals surface area contributed by atoms with Crippen LogP contribution in [0.25, 0.3) is 0 Å². The van der Waals surface area contributed by atoms with E-state index in [1.807, 2.05) is 0 Å².